The van der Waals surface area contributed by atoms with E-state index in [9.17, 15) is 4.39 Å². The maximum atomic E-state index is 13.2. The van der Waals surface area contributed by atoms with E-state index in [0.29, 0.717) is 6.54 Å². The van der Waals surface area contributed by atoms with Crippen molar-refractivity contribution in [3.05, 3.63) is 65.4 Å². The van der Waals surface area contributed by atoms with Gasteiger partial charge in [-0.25, -0.2) is 4.39 Å². The minimum atomic E-state index is -0.190. The summed E-state index contributed by atoms with van der Waals surface area (Å²) in [7, 11) is 0. The molecule has 0 spiro atoms. The van der Waals surface area contributed by atoms with Gasteiger partial charge in [0.1, 0.15) is 11.6 Å². The maximum absolute atomic E-state index is 13.2. The van der Waals surface area contributed by atoms with Crippen molar-refractivity contribution in [1.29, 1.82) is 0 Å². The number of hydrogen-bond donors (Lipinski definition) is 2. The molecule has 0 bridgehead atoms. The highest BCUT2D eigenvalue weighted by Gasteiger charge is 2.05. The molecule has 3 aromatic rings. The summed E-state index contributed by atoms with van der Waals surface area (Å²) in [6.07, 6.45) is 4.52. The molecule has 8 heteroatoms. The average Bonchev–Trinajstić information content (AvgIpc) is 3.10. The van der Waals surface area contributed by atoms with Crippen molar-refractivity contribution in [1.82, 2.24) is 25.2 Å². The number of guanidine groups is 1. The molecule has 0 unspecified atom stereocenters. The summed E-state index contributed by atoms with van der Waals surface area (Å²) < 4.78 is 15.2. The second-order valence-electron chi connectivity index (χ2n) is 6.66. The number of rotatable bonds is 8. The molecule has 2 N–H and O–H groups in total. The van der Waals surface area contributed by atoms with Crippen LogP contribution in [0.4, 0.5) is 4.39 Å². The molecule has 0 saturated carbocycles. The van der Waals surface area contributed by atoms with Gasteiger partial charge in [-0.2, -0.15) is 0 Å². The molecule has 0 radical (unpaired) electrons. The molecule has 29 heavy (non-hydrogen) atoms. The molecule has 0 aliphatic rings. The molecule has 2 aromatic heterocycles. The number of aryl methyl sites for hydroxylation is 2. The van der Waals surface area contributed by atoms with Gasteiger partial charge in [0.15, 0.2) is 11.6 Å². The van der Waals surface area contributed by atoms with Crippen molar-refractivity contribution in [3.63, 3.8) is 0 Å². The van der Waals surface area contributed by atoms with Gasteiger partial charge in [-0.15, -0.1) is 34.2 Å². The highest BCUT2D eigenvalue weighted by Crippen LogP contribution is 2.10. The Hall–Kier alpha value is -2.23. The first-order valence-corrected chi connectivity index (χ1v) is 9.73. The fourth-order valence-corrected chi connectivity index (χ4v) is 3.09. The molecule has 0 atom stereocenters. The van der Waals surface area contributed by atoms with Gasteiger partial charge in [0.25, 0.3) is 0 Å². The van der Waals surface area contributed by atoms with E-state index < -0.39 is 0 Å². The predicted molar refractivity (Wildman–Crippen MR) is 126 cm³/mol. The van der Waals surface area contributed by atoms with Crippen LogP contribution < -0.4 is 10.6 Å². The molecule has 0 fully saturated rings. The van der Waals surface area contributed by atoms with Crippen LogP contribution in [0.2, 0.25) is 0 Å². The van der Waals surface area contributed by atoms with Crippen molar-refractivity contribution in [3.8, 4) is 0 Å². The lowest BCUT2D eigenvalue weighted by molar-refractivity contribution is 0.625. The molecule has 0 aliphatic carbocycles. The number of nitrogens with one attached hydrogen (secondary N) is 2. The zero-order valence-electron chi connectivity index (χ0n) is 16.9. The van der Waals surface area contributed by atoms with Crippen LogP contribution in [0.5, 0.6) is 0 Å². The van der Waals surface area contributed by atoms with Crippen molar-refractivity contribution in [2.45, 2.75) is 33.1 Å². The lowest BCUT2D eigenvalue weighted by Gasteiger charge is -2.12. The van der Waals surface area contributed by atoms with Crippen molar-refractivity contribution in [2.24, 2.45) is 4.99 Å². The van der Waals surface area contributed by atoms with Crippen LogP contribution in [0.25, 0.3) is 5.65 Å². The number of hydrogen-bond acceptors (Lipinski definition) is 3. The van der Waals surface area contributed by atoms with Gasteiger partial charge in [0.2, 0.25) is 0 Å². The van der Waals surface area contributed by atoms with Crippen LogP contribution in [-0.4, -0.2) is 40.2 Å². The standard InChI is InChI=1S/C21H27FN6.HI/c1-3-23-21(25-13-11-17-9-10-18(22)15-16(17)2)24-12-6-8-20-27-26-19-7-4-5-14-28(19)20;/h4-5,7,9-10,14-15H,3,6,8,11-13H2,1-2H3,(H2,23,24,25);1H. The fourth-order valence-electron chi connectivity index (χ4n) is 3.09. The SMILES string of the molecule is CCNC(=NCCCc1nnc2ccccn12)NCCc1ccc(F)cc1C.I. The summed E-state index contributed by atoms with van der Waals surface area (Å²) in [6, 6.07) is 10.8. The Morgan fingerprint density at radius 2 is 2.00 bits per heavy atom. The predicted octanol–water partition coefficient (Wildman–Crippen LogP) is 3.53. The number of nitrogens with zero attached hydrogens (tertiary/aromatic N) is 4. The topological polar surface area (TPSA) is 66.6 Å². The van der Waals surface area contributed by atoms with E-state index in [1.807, 2.05) is 48.7 Å². The summed E-state index contributed by atoms with van der Waals surface area (Å²) in [5, 5.41) is 15.0. The van der Waals surface area contributed by atoms with E-state index in [0.717, 1.165) is 60.9 Å². The van der Waals surface area contributed by atoms with E-state index >= 15 is 0 Å². The van der Waals surface area contributed by atoms with E-state index in [1.54, 1.807) is 6.07 Å². The monoisotopic (exact) mass is 510 g/mol. The molecule has 0 aliphatic heterocycles. The van der Waals surface area contributed by atoms with Crippen LogP contribution in [-0.2, 0) is 12.8 Å². The Kier molecular flexibility index (Phi) is 9.30. The highest BCUT2D eigenvalue weighted by molar-refractivity contribution is 14.0. The zero-order valence-corrected chi connectivity index (χ0v) is 19.2. The summed E-state index contributed by atoms with van der Waals surface area (Å²) in [5.74, 6) is 1.56. The second kappa shape index (κ2) is 11.7. The van der Waals surface area contributed by atoms with E-state index in [-0.39, 0.29) is 29.8 Å². The largest absolute Gasteiger partial charge is 0.357 e. The number of halogens is 2. The summed E-state index contributed by atoms with van der Waals surface area (Å²) >= 11 is 0. The third kappa shape index (κ3) is 6.66. The van der Waals surface area contributed by atoms with E-state index in [1.165, 1.54) is 6.07 Å². The third-order valence-corrected chi connectivity index (χ3v) is 4.55. The summed E-state index contributed by atoms with van der Waals surface area (Å²) in [5.41, 5.74) is 2.99. The fraction of sp³-hybridized carbons (Fsp3) is 0.381. The first-order chi connectivity index (χ1) is 13.7. The third-order valence-electron chi connectivity index (χ3n) is 4.55. The Balaban J connectivity index is 0.00000300. The first-order valence-electron chi connectivity index (χ1n) is 9.73. The van der Waals surface area contributed by atoms with Crippen molar-refractivity contribution < 1.29 is 4.39 Å². The molecule has 1 aromatic carbocycles. The average molecular weight is 510 g/mol. The molecule has 3 rings (SSSR count). The van der Waals surface area contributed by atoms with Gasteiger partial charge in [-0.05, 0) is 62.1 Å². The van der Waals surface area contributed by atoms with Gasteiger partial charge in [0.05, 0.1) is 0 Å². The Bertz CT molecular complexity index is 940. The maximum Gasteiger partial charge on any atom is 0.191 e. The van der Waals surface area contributed by atoms with Gasteiger partial charge in [0, 0.05) is 32.3 Å². The Labute approximate surface area is 188 Å². The van der Waals surface area contributed by atoms with Crippen LogP contribution in [0.15, 0.2) is 47.6 Å². The van der Waals surface area contributed by atoms with Gasteiger partial charge >= 0.3 is 0 Å². The van der Waals surface area contributed by atoms with E-state index in [4.69, 9.17) is 0 Å². The van der Waals surface area contributed by atoms with E-state index in [2.05, 4.69) is 25.8 Å². The number of pyridine rings is 1. The lowest BCUT2D eigenvalue weighted by Crippen LogP contribution is -2.38. The summed E-state index contributed by atoms with van der Waals surface area (Å²) in [6.45, 7) is 6.23. The van der Waals surface area contributed by atoms with Gasteiger partial charge < -0.3 is 10.6 Å². The minimum Gasteiger partial charge on any atom is -0.357 e. The molecular weight excluding hydrogens is 482 g/mol. The Morgan fingerprint density at radius 3 is 2.79 bits per heavy atom. The van der Waals surface area contributed by atoms with Crippen molar-refractivity contribution in [2.75, 3.05) is 19.6 Å². The van der Waals surface area contributed by atoms with Crippen LogP contribution in [0.3, 0.4) is 0 Å². The molecule has 156 valence electrons. The minimum absolute atomic E-state index is 0. The van der Waals surface area contributed by atoms with Crippen LogP contribution >= 0.6 is 24.0 Å². The quantitative estimate of drug-likeness (QED) is 0.211. The van der Waals surface area contributed by atoms with Crippen LogP contribution in [0.1, 0.15) is 30.3 Å². The zero-order chi connectivity index (χ0) is 19.8. The molecule has 6 nitrogen and oxygen atoms in total. The number of aliphatic imine (C=N–C) groups is 1. The van der Waals surface area contributed by atoms with Gasteiger partial charge in [-0.1, -0.05) is 12.1 Å². The number of fused-ring (bicyclic) bond motifs is 1. The van der Waals surface area contributed by atoms with Gasteiger partial charge in [-0.3, -0.25) is 9.39 Å². The molecular formula is C21H28FIN6. The number of aromatic nitrogens is 3. The summed E-state index contributed by atoms with van der Waals surface area (Å²) in [4.78, 5) is 4.64. The highest BCUT2D eigenvalue weighted by atomic mass is 127. The van der Waals surface area contributed by atoms with Crippen molar-refractivity contribution >= 4 is 35.6 Å². The normalized spacial score (nSPS) is 11.3. The number of benzene rings is 1. The molecule has 0 amide bonds. The Morgan fingerprint density at radius 1 is 1.14 bits per heavy atom. The first kappa shape index (κ1) is 23.1. The molecule has 0 saturated heterocycles. The molecule has 2 heterocycles. The lowest BCUT2D eigenvalue weighted by atomic mass is 10.1. The smallest absolute Gasteiger partial charge is 0.191 e. The second-order valence-corrected chi connectivity index (χ2v) is 6.66. The van der Waals surface area contributed by atoms with Crippen LogP contribution in [0, 0.1) is 12.7 Å².